The smallest absolute Gasteiger partial charge is 0.274 e. The number of aromatic nitrogens is 1. The molecule has 3 rings (SSSR count). The van der Waals surface area contributed by atoms with Gasteiger partial charge in [0.25, 0.3) is 5.91 Å². The quantitative estimate of drug-likeness (QED) is 0.627. The van der Waals surface area contributed by atoms with Gasteiger partial charge in [-0.2, -0.15) is 0 Å². The monoisotopic (exact) mass is 377 g/mol. The maximum absolute atomic E-state index is 12.5. The van der Waals surface area contributed by atoms with Crippen molar-refractivity contribution in [2.24, 2.45) is 0 Å². The first kappa shape index (κ1) is 19.2. The van der Waals surface area contributed by atoms with Gasteiger partial charge in [0.1, 0.15) is 17.2 Å². The minimum absolute atomic E-state index is 0.269. The minimum Gasteiger partial charge on any atom is -0.497 e. The molecule has 2 N–H and O–H groups in total. The molecule has 3 aromatic rings. The molecule has 6 nitrogen and oxygen atoms in total. The van der Waals surface area contributed by atoms with Crippen LogP contribution in [0.2, 0.25) is 0 Å². The number of nitrogens with zero attached hydrogens (tertiary/aromatic N) is 1. The second kappa shape index (κ2) is 8.90. The summed E-state index contributed by atoms with van der Waals surface area (Å²) >= 11 is 0. The Morgan fingerprint density at radius 2 is 1.75 bits per heavy atom. The predicted molar refractivity (Wildman–Crippen MR) is 111 cm³/mol. The van der Waals surface area contributed by atoms with Gasteiger partial charge < -0.3 is 20.1 Å². The summed E-state index contributed by atoms with van der Waals surface area (Å²) in [5.41, 5.74) is 3.76. The number of ether oxygens (including phenoxy) is 2. The number of benzene rings is 2. The van der Waals surface area contributed by atoms with Crippen LogP contribution in [-0.2, 0) is 6.42 Å². The number of carbonyl (C=O) groups excluding carboxylic acids is 1. The van der Waals surface area contributed by atoms with Crippen molar-refractivity contribution in [1.82, 2.24) is 4.98 Å². The molecular weight excluding hydrogens is 354 g/mol. The standard InChI is InChI=1S/C22H23N3O3/c1-4-15-5-7-16(8-6-15)25-22(26)20-13-17(11-12-23-20)24-19-10-9-18(27-2)14-21(19)28-3/h5-14H,4H2,1-3H3,(H,23,24)(H,25,26). The fourth-order valence-electron chi connectivity index (χ4n) is 2.71. The third-order valence-corrected chi connectivity index (χ3v) is 4.30. The van der Waals surface area contributed by atoms with Crippen molar-refractivity contribution in [2.75, 3.05) is 24.9 Å². The summed E-state index contributed by atoms with van der Waals surface area (Å²) in [6.45, 7) is 2.09. The van der Waals surface area contributed by atoms with Crippen LogP contribution >= 0.6 is 0 Å². The van der Waals surface area contributed by atoms with Crippen molar-refractivity contribution >= 4 is 23.0 Å². The third kappa shape index (κ3) is 4.59. The predicted octanol–water partition coefficient (Wildman–Crippen LogP) is 4.66. The lowest BCUT2D eigenvalue weighted by Crippen LogP contribution is -2.13. The molecule has 1 heterocycles. The van der Waals surface area contributed by atoms with Gasteiger partial charge >= 0.3 is 0 Å². The Kier molecular flexibility index (Phi) is 6.11. The van der Waals surface area contributed by atoms with Gasteiger partial charge in [0.05, 0.1) is 19.9 Å². The highest BCUT2D eigenvalue weighted by Gasteiger charge is 2.10. The lowest BCUT2D eigenvalue weighted by molar-refractivity contribution is 0.102. The van der Waals surface area contributed by atoms with Crippen molar-refractivity contribution in [1.29, 1.82) is 0 Å². The van der Waals surface area contributed by atoms with Crippen LogP contribution in [-0.4, -0.2) is 25.1 Å². The van der Waals surface area contributed by atoms with Crippen molar-refractivity contribution in [3.63, 3.8) is 0 Å². The zero-order chi connectivity index (χ0) is 19.9. The zero-order valence-corrected chi connectivity index (χ0v) is 16.2. The summed E-state index contributed by atoms with van der Waals surface area (Å²) in [6.07, 6.45) is 2.55. The number of hydrogen-bond acceptors (Lipinski definition) is 5. The van der Waals surface area contributed by atoms with E-state index in [0.29, 0.717) is 17.2 Å². The van der Waals surface area contributed by atoms with E-state index in [2.05, 4.69) is 22.5 Å². The van der Waals surface area contributed by atoms with Crippen LogP contribution in [0.3, 0.4) is 0 Å². The number of rotatable bonds is 7. The second-order valence-electron chi connectivity index (χ2n) is 6.13. The number of aryl methyl sites for hydroxylation is 1. The van der Waals surface area contributed by atoms with E-state index in [1.165, 1.54) is 5.56 Å². The van der Waals surface area contributed by atoms with Gasteiger partial charge in [0.15, 0.2) is 0 Å². The number of nitrogens with one attached hydrogen (secondary N) is 2. The average molecular weight is 377 g/mol. The average Bonchev–Trinajstić information content (AvgIpc) is 2.74. The Labute approximate surface area is 164 Å². The molecule has 1 aromatic heterocycles. The van der Waals surface area contributed by atoms with Crippen LogP contribution in [0.1, 0.15) is 23.0 Å². The Morgan fingerprint density at radius 1 is 0.964 bits per heavy atom. The molecule has 0 radical (unpaired) electrons. The van der Waals surface area contributed by atoms with Crippen LogP contribution in [0.4, 0.5) is 17.1 Å². The highest BCUT2D eigenvalue weighted by atomic mass is 16.5. The Hall–Kier alpha value is -3.54. The number of amides is 1. The van der Waals surface area contributed by atoms with Gasteiger partial charge in [-0.25, -0.2) is 0 Å². The molecule has 0 saturated heterocycles. The normalized spacial score (nSPS) is 10.2. The molecule has 0 aliphatic carbocycles. The van der Waals surface area contributed by atoms with Gasteiger partial charge in [-0.3, -0.25) is 9.78 Å². The zero-order valence-electron chi connectivity index (χ0n) is 16.2. The second-order valence-corrected chi connectivity index (χ2v) is 6.13. The summed E-state index contributed by atoms with van der Waals surface area (Å²) in [6, 6.07) is 16.7. The molecule has 28 heavy (non-hydrogen) atoms. The molecule has 6 heteroatoms. The molecule has 1 amide bonds. The van der Waals surface area contributed by atoms with Gasteiger partial charge in [-0.15, -0.1) is 0 Å². The fraction of sp³-hybridized carbons (Fsp3) is 0.182. The summed E-state index contributed by atoms with van der Waals surface area (Å²) in [5.74, 6) is 1.07. The molecule has 0 saturated carbocycles. The number of carbonyl (C=O) groups is 1. The largest absolute Gasteiger partial charge is 0.497 e. The van der Waals surface area contributed by atoms with Crippen molar-refractivity contribution < 1.29 is 14.3 Å². The van der Waals surface area contributed by atoms with Crippen LogP contribution in [0, 0.1) is 0 Å². The summed E-state index contributed by atoms with van der Waals surface area (Å²) in [7, 11) is 3.20. The molecule has 0 spiro atoms. The summed E-state index contributed by atoms with van der Waals surface area (Å²) in [5, 5.41) is 6.12. The van der Waals surface area contributed by atoms with E-state index >= 15 is 0 Å². The highest BCUT2D eigenvalue weighted by Crippen LogP contribution is 2.31. The Bertz CT molecular complexity index is 955. The van der Waals surface area contributed by atoms with Crippen LogP contribution < -0.4 is 20.1 Å². The molecule has 0 bridgehead atoms. The Balaban J connectivity index is 1.75. The lowest BCUT2D eigenvalue weighted by atomic mass is 10.1. The van der Waals surface area contributed by atoms with E-state index in [4.69, 9.17) is 9.47 Å². The summed E-state index contributed by atoms with van der Waals surface area (Å²) in [4.78, 5) is 16.7. The molecule has 2 aromatic carbocycles. The number of pyridine rings is 1. The van der Waals surface area contributed by atoms with E-state index in [9.17, 15) is 4.79 Å². The SMILES string of the molecule is CCc1ccc(NC(=O)c2cc(Nc3ccc(OC)cc3OC)ccn2)cc1. The first-order valence-electron chi connectivity index (χ1n) is 8.98. The minimum atomic E-state index is -0.269. The van der Waals surface area contributed by atoms with Crippen LogP contribution in [0.25, 0.3) is 0 Å². The highest BCUT2D eigenvalue weighted by molar-refractivity contribution is 6.03. The van der Waals surface area contributed by atoms with Crippen LogP contribution in [0.5, 0.6) is 11.5 Å². The molecule has 0 atom stereocenters. The van der Waals surface area contributed by atoms with E-state index < -0.39 is 0 Å². The van der Waals surface area contributed by atoms with Crippen molar-refractivity contribution in [2.45, 2.75) is 13.3 Å². The van der Waals surface area contributed by atoms with Crippen molar-refractivity contribution in [3.05, 3.63) is 72.1 Å². The molecule has 0 aliphatic heterocycles. The van der Waals surface area contributed by atoms with E-state index in [0.717, 1.165) is 23.5 Å². The van der Waals surface area contributed by atoms with Gasteiger partial charge in [0.2, 0.25) is 0 Å². The summed E-state index contributed by atoms with van der Waals surface area (Å²) < 4.78 is 10.6. The molecule has 144 valence electrons. The van der Waals surface area contributed by atoms with Crippen molar-refractivity contribution in [3.8, 4) is 11.5 Å². The molecular formula is C22H23N3O3. The topological polar surface area (TPSA) is 72.5 Å². The van der Waals surface area contributed by atoms with Gasteiger partial charge in [0, 0.05) is 23.6 Å². The molecule has 0 unspecified atom stereocenters. The third-order valence-electron chi connectivity index (χ3n) is 4.30. The molecule has 0 aliphatic rings. The number of hydrogen-bond donors (Lipinski definition) is 2. The van der Waals surface area contributed by atoms with Gasteiger partial charge in [-0.1, -0.05) is 19.1 Å². The first-order chi connectivity index (χ1) is 13.6. The van der Waals surface area contributed by atoms with Gasteiger partial charge in [-0.05, 0) is 48.4 Å². The number of methoxy groups -OCH3 is 2. The lowest BCUT2D eigenvalue weighted by Gasteiger charge is -2.13. The maximum atomic E-state index is 12.5. The number of anilines is 3. The Morgan fingerprint density at radius 3 is 2.43 bits per heavy atom. The van der Waals surface area contributed by atoms with E-state index in [-0.39, 0.29) is 5.91 Å². The fourth-order valence-corrected chi connectivity index (χ4v) is 2.71. The molecule has 0 fully saturated rings. The van der Waals surface area contributed by atoms with E-state index in [1.54, 1.807) is 38.6 Å². The maximum Gasteiger partial charge on any atom is 0.274 e. The van der Waals surface area contributed by atoms with Crippen LogP contribution in [0.15, 0.2) is 60.8 Å². The first-order valence-corrected chi connectivity index (χ1v) is 8.98. The van der Waals surface area contributed by atoms with E-state index in [1.807, 2.05) is 36.4 Å².